The predicted octanol–water partition coefficient (Wildman–Crippen LogP) is 2.56. The van der Waals surface area contributed by atoms with Crippen LogP contribution in [0.2, 0.25) is 0 Å². The Morgan fingerprint density at radius 3 is 2.44 bits per heavy atom. The highest BCUT2D eigenvalue weighted by Crippen LogP contribution is 2.26. The fourth-order valence-corrected chi connectivity index (χ4v) is 2.04. The molecule has 1 aromatic carbocycles. The van der Waals surface area contributed by atoms with Crippen molar-refractivity contribution < 1.29 is 14.6 Å². The third kappa shape index (κ3) is 2.11. The maximum Gasteiger partial charge on any atom is 0.357 e. The van der Waals surface area contributed by atoms with Gasteiger partial charge in [0.15, 0.2) is 5.69 Å². The minimum Gasteiger partial charge on any atom is -0.497 e. The van der Waals surface area contributed by atoms with Gasteiger partial charge in [0.05, 0.1) is 7.11 Å². The molecule has 2 rings (SSSR count). The molecule has 0 atom stereocenters. The summed E-state index contributed by atoms with van der Waals surface area (Å²) in [7, 11) is 3.35. The summed E-state index contributed by atoms with van der Waals surface area (Å²) < 4.78 is 7.20. The number of nitrogens with zero attached hydrogens (tertiary/aromatic N) is 2. The van der Waals surface area contributed by atoms with Gasteiger partial charge in [-0.3, -0.25) is 0 Å². The average molecular weight is 311 g/mol. The van der Waals surface area contributed by atoms with E-state index in [0.29, 0.717) is 10.4 Å². The van der Waals surface area contributed by atoms with Gasteiger partial charge in [-0.1, -0.05) is 0 Å². The summed E-state index contributed by atoms with van der Waals surface area (Å²) in [5.74, 6) is 0.268. The van der Waals surface area contributed by atoms with Gasteiger partial charge in [-0.2, -0.15) is 0 Å². The molecule has 5 nitrogen and oxygen atoms in total. The molecule has 0 fully saturated rings. The Morgan fingerprint density at radius 1 is 1.39 bits per heavy atom. The molecule has 0 aliphatic rings. The van der Waals surface area contributed by atoms with Gasteiger partial charge in [0.2, 0.25) is 0 Å². The zero-order valence-electron chi connectivity index (χ0n) is 9.85. The Morgan fingerprint density at radius 2 is 2.00 bits per heavy atom. The molecule has 1 heterocycles. The van der Waals surface area contributed by atoms with Crippen molar-refractivity contribution in [3.05, 3.63) is 34.6 Å². The van der Waals surface area contributed by atoms with E-state index >= 15 is 0 Å². The number of aromatic nitrogens is 2. The molecule has 0 bridgehead atoms. The van der Waals surface area contributed by atoms with Crippen molar-refractivity contribution in [3.8, 4) is 17.1 Å². The Hall–Kier alpha value is -1.82. The minimum absolute atomic E-state index is 0.00307. The van der Waals surface area contributed by atoms with Crippen molar-refractivity contribution in [2.24, 2.45) is 7.05 Å². The summed E-state index contributed by atoms with van der Waals surface area (Å²) in [4.78, 5) is 15.1. The van der Waals surface area contributed by atoms with Crippen LogP contribution in [-0.2, 0) is 7.05 Å². The lowest BCUT2D eigenvalue weighted by atomic mass is 10.2. The maximum absolute atomic E-state index is 11.0. The van der Waals surface area contributed by atoms with Crippen molar-refractivity contribution in [1.82, 2.24) is 9.55 Å². The number of imidazole rings is 1. The maximum atomic E-state index is 11.0. The first-order valence-electron chi connectivity index (χ1n) is 5.14. The number of rotatable bonds is 3. The lowest BCUT2D eigenvalue weighted by molar-refractivity contribution is 0.0690. The third-order valence-electron chi connectivity index (χ3n) is 2.58. The molecule has 0 radical (unpaired) electrons. The van der Waals surface area contributed by atoms with E-state index < -0.39 is 5.97 Å². The van der Waals surface area contributed by atoms with Crippen molar-refractivity contribution in [3.63, 3.8) is 0 Å². The van der Waals surface area contributed by atoms with Gasteiger partial charge in [0.25, 0.3) is 0 Å². The standard InChI is InChI=1S/C12H11BrN2O3/c1-15-10(13)9(12(16)17)14-11(15)7-3-5-8(18-2)6-4-7/h3-6H,1-2H3,(H,16,17). The molecular formula is C12H11BrN2O3. The van der Waals surface area contributed by atoms with E-state index in [2.05, 4.69) is 20.9 Å². The van der Waals surface area contributed by atoms with E-state index in [0.717, 1.165) is 11.3 Å². The Balaban J connectivity index is 2.50. The van der Waals surface area contributed by atoms with Crippen LogP contribution in [0, 0.1) is 0 Å². The van der Waals surface area contributed by atoms with Crippen molar-refractivity contribution in [2.75, 3.05) is 7.11 Å². The first-order valence-corrected chi connectivity index (χ1v) is 5.94. The van der Waals surface area contributed by atoms with Gasteiger partial charge >= 0.3 is 5.97 Å². The fourth-order valence-electron chi connectivity index (χ4n) is 1.61. The zero-order valence-corrected chi connectivity index (χ0v) is 11.4. The first kappa shape index (κ1) is 12.6. The molecule has 0 aliphatic heterocycles. The van der Waals surface area contributed by atoms with Crippen LogP contribution in [0.15, 0.2) is 28.9 Å². The highest BCUT2D eigenvalue weighted by molar-refractivity contribution is 9.10. The molecule has 2 aromatic rings. The number of halogens is 1. The summed E-state index contributed by atoms with van der Waals surface area (Å²) in [5.41, 5.74) is 0.829. The number of ether oxygens (including phenoxy) is 1. The van der Waals surface area contributed by atoms with E-state index in [1.807, 2.05) is 12.1 Å². The molecule has 18 heavy (non-hydrogen) atoms. The van der Waals surface area contributed by atoms with E-state index in [1.54, 1.807) is 30.9 Å². The molecule has 0 spiro atoms. The van der Waals surface area contributed by atoms with Gasteiger partial charge < -0.3 is 14.4 Å². The van der Waals surface area contributed by atoms with Crippen LogP contribution in [0.25, 0.3) is 11.4 Å². The summed E-state index contributed by atoms with van der Waals surface area (Å²) >= 11 is 3.22. The quantitative estimate of drug-likeness (QED) is 0.946. The lowest BCUT2D eigenvalue weighted by Crippen LogP contribution is -1.97. The number of carboxylic acids is 1. The molecule has 0 aliphatic carbocycles. The minimum atomic E-state index is -1.06. The molecule has 0 unspecified atom stereocenters. The highest BCUT2D eigenvalue weighted by atomic mass is 79.9. The molecule has 94 valence electrons. The Labute approximate surface area is 112 Å². The topological polar surface area (TPSA) is 64.3 Å². The normalized spacial score (nSPS) is 10.4. The number of methoxy groups -OCH3 is 1. The summed E-state index contributed by atoms with van der Waals surface area (Å²) in [6.45, 7) is 0. The number of carboxylic acid groups (broad SMARTS) is 1. The number of benzene rings is 1. The van der Waals surface area contributed by atoms with E-state index in [4.69, 9.17) is 9.84 Å². The van der Waals surface area contributed by atoms with Gasteiger partial charge in [-0.15, -0.1) is 0 Å². The summed E-state index contributed by atoms with van der Waals surface area (Å²) in [5, 5.41) is 9.01. The SMILES string of the molecule is COc1ccc(-c2nc(C(=O)O)c(Br)n2C)cc1. The molecular weight excluding hydrogens is 300 g/mol. The largest absolute Gasteiger partial charge is 0.497 e. The Bertz CT molecular complexity index is 590. The summed E-state index contributed by atoms with van der Waals surface area (Å²) in [6, 6.07) is 7.27. The molecule has 6 heteroatoms. The van der Waals surface area contributed by atoms with E-state index in [-0.39, 0.29) is 5.69 Å². The number of hydrogen-bond donors (Lipinski definition) is 1. The van der Waals surface area contributed by atoms with Crippen molar-refractivity contribution in [2.45, 2.75) is 0 Å². The van der Waals surface area contributed by atoms with Crippen LogP contribution in [0.4, 0.5) is 0 Å². The molecule has 0 saturated carbocycles. The van der Waals surface area contributed by atoms with E-state index in [9.17, 15) is 4.79 Å². The van der Waals surface area contributed by atoms with Crippen LogP contribution >= 0.6 is 15.9 Å². The Kier molecular flexibility index (Phi) is 3.38. The number of aromatic carboxylic acids is 1. The molecule has 1 N–H and O–H groups in total. The van der Waals surface area contributed by atoms with Crippen LogP contribution < -0.4 is 4.74 Å². The fraction of sp³-hybridized carbons (Fsp3) is 0.167. The third-order valence-corrected chi connectivity index (χ3v) is 3.48. The molecule has 0 amide bonds. The monoisotopic (exact) mass is 310 g/mol. The second-order valence-corrected chi connectivity index (χ2v) is 4.42. The average Bonchev–Trinajstić information content (AvgIpc) is 2.67. The molecule has 1 aromatic heterocycles. The van der Waals surface area contributed by atoms with Crippen LogP contribution in [0.1, 0.15) is 10.5 Å². The first-order chi connectivity index (χ1) is 8.54. The highest BCUT2D eigenvalue weighted by Gasteiger charge is 2.18. The number of hydrogen-bond acceptors (Lipinski definition) is 3. The van der Waals surface area contributed by atoms with Crippen LogP contribution in [-0.4, -0.2) is 27.7 Å². The van der Waals surface area contributed by atoms with Gasteiger partial charge in [0, 0.05) is 12.6 Å². The second-order valence-electron chi connectivity index (χ2n) is 3.67. The van der Waals surface area contributed by atoms with Gasteiger partial charge in [-0.25, -0.2) is 9.78 Å². The summed E-state index contributed by atoms with van der Waals surface area (Å²) in [6.07, 6.45) is 0. The lowest BCUT2D eigenvalue weighted by Gasteiger charge is -2.03. The zero-order chi connectivity index (χ0) is 13.3. The smallest absolute Gasteiger partial charge is 0.357 e. The van der Waals surface area contributed by atoms with Gasteiger partial charge in [-0.05, 0) is 40.2 Å². The second kappa shape index (κ2) is 4.81. The van der Waals surface area contributed by atoms with Crippen LogP contribution in [0.5, 0.6) is 5.75 Å². The van der Waals surface area contributed by atoms with Gasteiger partial charge in [0.1, 0.15) is 16.2 Å². The molecule has 0 saturated heterocycles. The van der Waals surface area contributed by atoms with Crippen LogP contribution in [0.3, 0.4) is 0 Å². The predicted molar refractivity (Wildman–Crippen MR) is 69.9 cm³/mol. The van der Waals surface area contributed by atoms with E-state index in [1.165, 1.54) is 0 Å². The number of carbonyl (C=O) groups is 1. The van der Waals surface area contributed by atoms with Crippen molar-refractivity contribution >= 4 is 21.9 Å². The van der Waals surface area contributed by atoms with Crippen molar-refractivity contribution in [1.29, 1.82) is 0 Å².